The second kappa shape index (κ2) is 7.79. The summed E-state index contributed by atoms with van der Waals surface area (Å²) in [6, 6.07) is 3.62. The van der Waals surface area contributed by atoms with E-state index in [0.717, 1.165) is 30.0 Å². The fourth-order valence-electron chi connectivity index (χ4n) is 2.13. The van der Waals surface area contributed by atoms with Crippen molar-refractivity contribution >= 4 is 33.1 Å². The first-order valence-corrected chi connectivity index (χ1v) is 10.3. The minimum atomic E-state index is -3.33. The Hall–Kier alpha value is -0.0800. The lowest BCUT2D eigenvalue weighted by Crippen LogP contribution is -2.31. The molecule has 0 amide bonds. The first kappa shape index (κ1) is 16.3. The molecule has 1 aliphatic heterocycles. The molecule has 4 nitrogen and oxygen atoms in total. The van der Waals surface area contributed by atoms with Crippen molar-refractivity contribution in [1.29, 1.82) is 0 Å². The minimum Gasteiger partial charge on any atom is -0.319 e. The van der Waals surface area contributed by atoms with E-state index in [9.17, 15) is 8.42 Å². The summed E-state index contributed by atoms with van der Waals surface area (Å²) in [6.45, 7) is 1.42. The van der Waals surface area contributed by atoms with Gasteiger partial charge >= 0.3 is 0 Å². The molecule has 2 rings (SSSR count). The van der Waals surface area contributed by atoms with Crippen molar-refractivity contribution in [3.63, 3.8) is 0 Å². The van der Waals surface area contributed by atoms with E-state index < -0.39 is 10.0 Å². The third-order valence-electron chi connectivity index (χ3n) is 3.30. The lowest BCUT2D eigenvalue weighted by molar-refractivity contribution is 0.576. The van der Waals surface area contributed by atoms with Gasteiger partial charge in [0.05, 0.1) is 0 Å². The molecular formula is C13H22N2O2S3. The number of hydrogen-bond acceptors (Lipinski definition) is 5. The molecule has 0 aromatic carbocycles. The third-order valence-corrected chi connectivity index (χ3v) is 7.76. The Kier molecular flexibility index (Phi) is 6.35. The van der Waals surface area contributed by atoms with Gasteiger partial charge in [0.15, 0.2) is 0 Å². The van der Waals surface area contributed by atoms with Crippen LogP contribution in [0, 0.1) is 0 Å². The second-order valence-corrected chi connectivity index (χ2v) is 9.49. The Bertz CT molecular complexity index is 507. The van der Waals surface area contributed by atoms with Gasteiger partial charge in [0.2, 0.25) is 10.0 Å². The molecule has 1 aromatic rings. The van der Waals surface area contributed by atoms with E-state index >= 15 is 0 Å². The highest BCUT2D eigenvalue weighted by molar-refractivity contribution is 8.00. The molecule has 2 heterocycles. The van der Waals surface area contributed by atoms with Crippen LogP contribution >= 0.6 is 23.1 Å². The molecule has 0 spiro atoms. The van der Waals surface area contributed by atoms with Crippen LogP contribution in [0.2, 0.25) is 0 Å². The van der Waals surface area contributed by atoms with Crippen LogP contribution < -0.4 is 10.0 Å². The van der Waals surface area contributed by atoms with Crippen molar-refractivity contribution in [3.8, 4) is 0 Å². The fraction of sp³-hybridized carbons (Fsp3) is 0.692. The zero-order chi connectivity index (χ0) is 14.4. The van der Waals surface area contributed by atoms with Gasteiger partial charge in [-0.25, -0.2) is 13.1 Å². The monoisotopic (exact) mass is 334 g/mol. The normalized spacial score (nSPS) is 20.1. The molecule has 114 valence electrons. The Balaban J connectivity index is 1.90. The maximum atomic E-state index is 12.2. The average Bonchev–Trinajstić information content (AvgIpc) is 2.94. The third kappa shape index (κ3) is 4.73. The lowest BCUT2D eigenvalue weighted by Gasteiger charge is -2.21. The van der Waals surface area contributed by atoms with Crippen LogP contribution in [0.4, 0.5) is 0 Å². The van der Waals surface area contributed by atoms with Gasteiger partial charge in [-0.3, -0.25) is 0 Å². The van der Waals surface area contributed by atoms with Crippen LogP contribution in [-0.4, -0.2) is 39.6 Å². The number of thiophene rings is 1. The Morgan fingerprint density at radius 2 is 2.20 bits per heavy atom. The van der Waals surface area contributed by atoms with Crippen LogP contribution in [-0.2, 0) is 16.4 Å². The summed E-state index contributed by atoms with van der Waals surface area (Å²) in [5.41, 5.74) is 0. The molecule has 0 bridgehead atoms. The van der Waals surface area contributed by atoms with Crippen LogP contribution in [0.15, 0.2) is 16.3 Å². The predicted octanol–water partition coefficient (Wildman–Crippen LogP) is 2.07. The molecule has 0 radical (unpaired) electrons. The number of sulfonamides is 1. The highest BCUT2D eigenvalue weighted by Crippen LogP contribution is 2.26. The van der Waals surface area contributed by atoms with Crippen LogP contribution in [0.1, 0.15) is 24.1 Å². The highest BCUT2D eigenvalue weighted by atomic mass is 32.2. The maximum absolute atomic E-state index is 12.2. The molecule has 20 heavy (non-hydrogen) atoms. The summed E-state index contributed by atoms with van der Waals surface area (Å²) in [6.07, 6.45) is 4.46. The predicted molar refractivity (Wildman–Crippen MR) is 87.2 cm³/mol. The SMILES string of the molecule is CNCCc1ccc(S(=O)(=O)NCC2CCCCS2)s1. The quantitative estimate of drug-likeness (QED) is 0.801. The van der Waals surface area contributed by atoms with Gasteiger partial charge in [0, 0.05) is 16.7 Å². The van der Waals surface area contributed by atoms with E-state index in [1.54, 1.807) is 6.07 Å². The van der Waals surface area contributed by atoms with Crippen molar-refractivity contribution in [2.45, 2.75) is 35.1 Å². The fourth-order valence-corrected chi connectivity index (χ4v) is 5.95. The van der Waals surface area contributed by atoms with E-state index in [1.165, 1.54) is 24.2 Å². The summed E-state index contributed by atoms with van der Waals surface area (Å²) < 4.78 is 27.7. The Labute approximate surface area is 129 Å². The summed E-state index contributed by atoms with van der Waals surface area (Å²) in [5.74, 6) is 1.15. The van der Waals surface area contributed by atoms with Crippen LogP contribution in [0.5, 0.6) is 0 Å². The molecule has 1 aliphatic rings. The molecule has 0 saturated carbocycles. The molecule has 1 saturated heterocycles. The van der Waals surface area contributed by atoms with Crippen molar-refractivity contribution < 1.29 is 8.42 Å². The summed E-state index contributed by atoms with van der Waals surface area (Å²) in [5, 5.41) is 3.50. The first-order chi connectivity index (χ1) is 9.62. The van der Waals surface area contributed by atoms with Gasteiger partial charge in [0.25, 0.3) is 0 Å². The largest absolute Gasteiger partial charge is 0.319 e. The number of nitrogens with one attached hydrogen (secondary N) is 2. The van der Waals surface area contributed by atoms with Crippen molar-refractivity contribution in [1.82, 2.24) is 10.0 Å². The van der Waals surface area contributed by atoms with Crippen LogP contribution in [0.3, 0.4) is 0 Å². The topological polar surface area (TPSA) is 58.2 Å². The smallest absolute Gasteiger partial charge is 0.250 e. The van der Waals surface area contributed by atoms with E-state index in [2.05, 4.69) is 10.0 Å². The molecular weight excluding hydrogens is 312 g/mol. The lowest BCUT2D eigenvalue weighted by atomic mass is 10.2. The van der Waals surface area contributed by atoms with E-state index in [-0.39, 0.29) is 0 Å². The summed E-state index contributed by atoms with van der Waals surface area (Å²) >= 11 is 3.25. The molecule has 0 aliphatic carbocycles. The maximum Gasteiger partial charge on any atom is 0.250 e. The van der Waals surface area contributed by atoms with E-state index in [4.69, 9.17) is 0 Å². The van der Waals surface area contributed by atoms with Crippen molar-refractivity contribution in [2.24, 2.45) is 0 Å². The number of rotatable bonds is 7. The summed E-state index contributed by atoms with van der Waals surface area (Å²) in [7, 11) is -1.43. The van der Waals surface area contributed by atoms with Gasteiger partial charge < -0.3 is 5.32 Å². The van der Waals surface area contributed by atoms with E-state index in [0.29, 0.717) is 16.0 Å². The molecule has 1 unspecified atom stereocenters. The number of likely N-dealkylation sites (N-methyl/N-ethyl adjacent to an activating group) is 1. The highest BCUT2D eigenvalue weighted by Gasteiger charge is 2.20. The zero-order valence-corrected chi connectivity index (χ0v) is 14.2. The van der Waals surface area contributed by atoms with E-state index in [1.807, 2.05) is 24.9 Å². The minimum absolute atomic E-state index is 0.433. The van der Waals surface area contributed by atoms with Crippen LogP contribution in [0.25, 0.3) is 0 Å². The number of hydrogen-bond donors (Lipinski definition) is 2. The molecule has 1 atom stereocenters. The second-order valence-electron chi connectivity index (χ2n) is 4.91. The Morgan fingerprint density at radius 3 is 2.90 bits per heavy atom. The molecule has 7 heteroatoms. The van der Waals surface area contributed by atoms with Gasteiger partial charge in [-0.05, 0) is 50.7 Å². The van der Waals surface area contributed by atoms with Gasteiger partial charge in [-0.2, -0.15) is 11.8 Å². The van der Waals surface area contributed by atoms with Gasteiger partial charge in [0.1, 0.15) is 4.21 Å². The van der Waals surface area contributed by atoms with Crippen molar-refractivity contribution in [3.05, 3.63) is 17.0 Å². The summed E-state index contributed by atoms with van der Waals surface area (Å²) in [4.78, 5) is 1.10. The molecule has 2 N–H and O–H groups in total. The number of thioether (sulfide) groups is 1. The first-order valence-electron chi connectivity index (χ1n) is 6.96. The van der Waals surface area contributed by atoms with Gasteiger partial charge in [-0.1, -0.05) is 6.42 Å². The average molecular weight is 335 g/mol. The van der Waals surface area contributed by atoms with Gasteiger partial charge in [-0.15, -0.1) is 11.3 Å². The molecule has 1 aromatic heterocycles. The van der Waals surface area contributed by atoms with Crippen molar-refractivity contribution in [2.75, 3.05) is 25.9 Å². The zero-order valence-electron chi connectivity index (χ0n) is 11.7. The molecule has 1 fully saturated rings. The Morgan fingerprint density at radius 1 is 1.35 bits per heavy atom. The standard InChI is InChI=1S/C13H22N2O2S3/c1-14-8-7-11-5-6-13(19-11)20(16,17)15-10-12-4-2-3-9-18-12/h5-6,12,14-15H,2-4,7-10H2,1H3.